The summed E-state index contributed by atoms with van der Waals surface area (Å²) in [5.74, 6) is 0. The molecule has 92 valence electrons. The third-order valence-corrected chi connectivity index (χ3v) is 4.51. The van der Waals surface area contributed by atoms with Crippen molar-refractivity contribution in [3.05, 3.63) is 38.1 Å². The van der Waals surface area contributed by atoms with Crippen LogP contribution >= 0.6 is 38.9 Å². The quantitative estimate of drug-likeness (QED) is 0.849. The molecule has 18 heavy (non-hydrogen) atoms. The van der Waals surface area contributed by atoms with E-state index in [9.17, 15) is 0 Å². The molecule has 0 saturated carbocycles. The highest BCUT2D eigenvalue weighted by molar-refractivity contribution is 9.10. The highest BCUT2D eigenvalue weighted by atomic mass is 79.9. The van der Waals surface area contributed by atoms with E-state index in [-0.39, 0.29) is 0 Å². The van der Waals surface area contributed by atoms with E-state index < -0.39 is 0 Å². The molecule has 0 aliphatic carbocycles. The van der Waals surface area contributed by atoms with Crippen LogP contribution in [-0.2, 0) is 6.42 Å². The van der Waals surface area contributed by atoms with Gasteiger partial charge in [-0.25, -0.2) is 0 Å². The summed E-state index contributed by atoms with van der Waals surface area (Å²) in [5.41, 5.74) is 8.58. The first-order valence-electron chi connectivity index (χ1n) is 5.34. The van der Waals surface area contributed by atoms with Crippen LogP contribution < -0.4 is 5.73 Å². The maximum absolute atomic E-state index is 9.05. The Morgan fingerprint density at radius 1 is 1.44 bits per heavy atom. The molecule has 5 heteroatoms. The first-order valence-corrected chi connectivity index (χ1v) is 7.33. The molecule has 0 amide bonds. The van der Waals surface area contributed by atoms with Gasteiger partial charge in [0.2, 0.25) is 0 Å². The van der Waals surface area contributed by atoms with Crippen LogP contribution in [-0.4, -0.2) is 0 Å². The number of halogens is 2. The van der Waals surface area contributed by atoms with E-state index in [1.165, 1.54) is 11.3 Å². The van der Waals surface area contributed by atoms with E-state index in [1.54, 1.807) is 0 Å². The second-order valence-electron chi connectivity index (χ2n) is 3.78. The van der Waals surface area contributed by atoms with E-state index in [4.69, 9.17) is 22.6 Å². The highest BCUT2D eigenvalue weighted by Gasteiger charge is 2.16. The van der Waals surface area contributed by atoms with Crippen molar-refractivity contribution in [1.82, 2.24) is 0 Å². The summed E-state index contributed by atoms with van der Waals surface area (Å²) in [6, 6.07) is 7.84. The number of hydrogen-bond acceptors (Lipinski definition) is 3. The number of nitrogens with zero attached hydrogens (tertiary/aromatic N) is 1. The van der Waals surface area contributed by atoms with Crippen LogP contribution in [0.3, 0.4) is 0 Å². The minimum absolute atomic E-state index is 0.568. The van der Waals surface area contributed by atoms with Crippen molar-refractivity contribution in [2.75, 3.05) is 5.73 Å². The Bertz CT molecular complexity index is 623. The number of thiophene rings is 1. The van der Waals surface area contributed by atoms with Crippen molar-refractivity contribution in [3.8, 4) is 16.5 Å². The van der Waals surface area contributed by atoms with Crippen LogP contribution in [0.4, 0.5) is 5.69 Å². The SMILES string of the molecule is CCc1c(-c2cc(Cl)cc(Br)c2)sc(C#N)c1N. The number of hydrogen-bond donors (Lipinski definition) is 1. The lowest BCUT2D eigenvalue weighted by molar-refractivity contribution is 1.16. The number of anilines is 1. The van der Waals surface area contributed by atoms with Gasteiger partial charge in [-0.15, -0.1) is 11.3 Å². The topological polar surface area (TPSA) is 49.8 Å². The molecule has 0 aliphatic heterocycles. The first kappa shape index (κ1) is 13.4. The third-order valence-electron chi connectivity index (χ3n) is 2.63. The van der Waals surface area contributed by atoms with E-state index >= 15 is 0 Å². The second-order valence-corrected chi connectivity index (χ2v) is 6.15. The van der Waals surface area contributed by atoms with Gasteiger partial charge in [0.15, 0.2) is 0 Å². The van der Waals surface area contributed by atoms with Crippen LogP contribution in [0.2, 0.25) is 5.02 Å². The fraction of sp³-hybridized carbons (Fsp3) is 0.154. The summed E-state index contributed by atoms with van der Waals surface area (Å²) in [6.07, 6.45) is 0.795. The van der Waals surface area contributed by atoms with Gasteiger partial charge in [-0.2, -0.15) is 5.26 Å². The normalized spacial score (nSPS) is 10.3. The average Bonchev–Trinajstić information content (AvgIpc) is 2.64. The smallest absolute Gasteiger partial charge is 0.128 e. The Balaban J connectivity index is 2.67. The molecule has 0 bridgehead atoms. The summed E-state index contributed by atoms with van der Waals surface area (Å²) < 4.78 is 0.914. The van der Waals surface area contributed by atoms with E-state index in [1.807, 2.05) is 25.1 Å². The molecular formula is C13H10BrClN2S. The van der Waals surface area contributed by atoms with Gasteiger partial charge in [0, 0.05) is 14.4 Å². The Kier molecular flexibility index (Phi) is 3.96. The van der Waals surface area contributed by atoms with Crippen LogP contribution in [0.5, 0.6) is 0 Å². The van der Waals surface area contributed by atoms with Gasteiger partial charge in [0.05, 0.1) is 5.69 Å². The summed E-state index contributed by atoms with van der Waals surface area (Å²) in [7, 11) is 0. The molecule has 2 rings (SSSR count). The van der Waals surface area contributed by atoms with Gasteiger partial charge >= 0.3 is 0 Å². The zero-order chi connectivity index (χ0) is 13.3. The largest absolute Gasteiger partial charge is 0.397 e. The number of rotatable bonds is 2. The van der Waals surface area contributed by atoms with Crippen molar-refractivity contribution in [2.45, 2.75) is 13.3 Å². The Labute approximate surface area is 123 Å². The Morgan fingerprint density at radius 3 is 2.72 bits per heavy atom. The molecule has 0 unspecified atom stereocenters. The molecule has 0 atom stereocenters. The second kappa shape index (κ2) is 5.31. The summed E-state index contributed by atoms with van der Waals surface area (Å²) >= 11 is 10.9. The summed E-state index contributed by atoms with van der Waals surface area (Å²) in [4.78, 5) is 1.59. The fourth-order valence-electron chi connectivity index (χ4n) is 1.83. The van der Waals surface area contributed by atoms with Crippen LogP contribution in [0.25, 0.3) is 10.4 Å². The molecule has 0 aliphatic rings. The monoisotopic (exact) mass is 340 g/mol. The standard InChI is InChI=1S/C13H10BrClN2S/c1-2-10-12(17)11(6-16)18-13(10)7-3-8(14)5-9(15)4-7/h3-5H,2,17H2,1H3. The molecule has 2 nitrogen and oxygen atoms in total. The zero-order valence-corrected chi connectivity index (χ0v) is 12.8. The molecule has 1 aromatic heterocycles. The first-order chi connectivity index (χ1) is 8.56. The third kappa shape index (κ3) is 2.39. The van der Waals surface area contributed by atoms with Gasteiger partial charge in [0.1, 0.15) is 10.9 Å². The average molecular weight is 342 g/mol. The maximum atomic E-state index is 9.05. The minimum Gasteiger partial charge on any atom is -0.397 e. The van der Waals surface area contributed by atoms with Gasteiger partial charge in [0.25, 0.3) is 0 Å². The Hall–Kier alpha value is -1.02. The molecule has 0 saturated heterocycles. The van der Waals surface area contributed by atoms with Gasteiger partial charge in [-0.1, -0.05) is 34.5 Å². The highest BCUT2D eigenvalue weighted by Crippen LogP contribution is 2.40. The van der Waals surface area contributed by atoms with Gasteiger partial charge in [-0.05, 0) is 35.7 Å². The van der Waals surface area contributed by atoms with Crippen molar-refractivity contribution in [3.63, 3.8) is 0 Å². The van der Waals surface area contributed by atoms with Crippen molar-refractivity contribution in [2.24, 2.45) is 0 Å². The van der Waals surface area contributed by atoms with Gasteiger partial charge < -0.3 is 5.73 Å². The molecule has 2 aromatic rings. The van der Waals surface area contributed by atoms with Crippen molar-refractivity contribution < 1.29 is 0 Å². The van der Waals surface area contributed by atoms with E-state index in [0.717, 1.165) is 26.9 Å². The van der Waals surface area contributed by atoms with Crippen LogP contribution in [0.15, 0.2) is 22.7 Å². The lowest BCUT2D eigenvalue weighted by Crippen LogP contribution is -1.91. The molecule has 1 aromatic carbocycles. The number of nitrogen functional groups attached to an aromatic ring is 1. The zero-order valence-electron chi connectivity index (χ0n) is 9.63. The van der Waals surface area contributed by atoms with Crippen LogP contribution in [0.1, 0.15) is 17.4 Å². The maximum Gasteiger partial charge on any atom is 0.128 e. The fourth-order valence-corrected chi connectivity index (χ4v) is 3.79. The molecule has 1 heterocycles. The number of nitrogens with two attached hydrogens (primary N) is 1. The molecule has 2 N–H and O–H groups in total. The van der Waals surface area contributed by atoms with Crippen molar-refractivity contribution in [1.29, 1.82) is 5.26 Å². The lowest BCUT2D eigenvalue weighted by Gasteiger charge is -2.04. The summed E-state index contributed by atoms with van der Waals surface area (Å²) in [5, 5.41) is 9.71. The summed E-state index contributed by atoms with van der Waals surface area (Å²) in [6.45, 7) is 2.03. The molecule has 0 fully saturated rings. The van der Waals surface area contributed by atoms with E-state index in [2.05, 4.69) is 22.0 Å². The predicted molar refractivity (Wildman–Crippen MR) is 81.0 cm³/mol. The van der Waals surface area contributed by atoms with Crippen LogP contribution in [0, 0.1) is 11.3 Å². The predicted octanol–water partition coefficient (Wildman–Crippen LogP) is 4.85. The number of benzene rings is 1. The minimum atomic E-state index is 0.568. The molecular weight excluding hydrogens is 332 g/mol. The van der Waals surface area contributed by atoms with Gasteiger partial charge in [-0.3, -0.25) is 0 Å². The lowest BCUT2D eigenvalue weighted by atomic mass is 10.1. The Morgan fingerprint density at radius 2 is 2.17 bits per heavy atom. The van der Waals surface area contributed by atoms with E-state index in [0.29, 0.717) is 15.6 Å². The molecule has 0 radical (unpaired) electrons. The number of nitriles is 1. The molecule has 0 spiro atoms. The van der Waals surface area contributed by atoms with Crippen molar-refractivity contribution >= 4 is 44.6 Å².